The fourth-order valence-electron chi connectivity index (χ4n) is 2.69. The molecule has 0 N–H and O–H groups in total. The lowest BCUT2D eigenvalue weighted by atomic mass is 9.78. The third-order valence-corrected chi connectivity index (χ3v) is 4.65. The Balaban J connectivity index is 2.17. The molecule has 0 heterocycles. The van der Waals surface area contributed by atoms with Crippen LogP contribution < -0.4 is 9.47 Å². The van der Waals surface area contributed by atoms with Gasteiger partial charge in [0.25, 0.3) is 0 Å². The first-order chi connectivity index (χ1) is 12.3. The molecular formula is C25H34O2. The molecule has 0 bridgehead atoms. The van der Waals surface area contributed by atoms with Crippen molar-refractivity contribution in [2.24, 2.45) is 5.41 Å². The maximum Gasteiger partial charge on any atom is 0.126 e. The summed E-state index contributed by atoms with van der Waals surface area (Å²) in [6.45, 7) is 21.0. The number of rotatable bonds is 5. The summed E-state index contributed by atoms with van der Waals surface area (Å²) in [5, 5.41) is 0. The second-order valence-electron chi connectivity index (χ2n) is 9.66. The van der Waals surface area contributed by atoms with E-state index in [2.05, 4.69) is 86.2 Å². The molecule has 0 unspecified atom stereocenters. The fourth-order valence-corrected chi connectivity index (χ4v) is 2.69. The van der Waals surface area contributed by atoms with Gasteiger partial charge in [0.05, 0.1) is 0 Å². The number of allylic oxidation sites excluding steroid dienone is 1. The van der Waals surface area contributed by atoms with E-state index in [0.717, 1.165) is 17.3 Å². The third kappa shape index (κ3) is 5.63. The molecule has 0 saturated heterocycles. The van der Waals surface area contributed by atoms with E-state index < -0.39 is 0 Å². The Labute approximate surface area is 165 Å². The second kappa shape index (κ2) is 7.42. The molecule has 27 heavy (non-hydrogen) atoms. The largest absolute Gasteiger partial charge is 0.488 e. The van der Waals surface area contributed by atoms with E-state index in [9.17, 15) is 0 Å². The van der Waals surface area contributed by atoms with Crippen LogP contribution in [0, 0.1) is 5.41 Å². The Morgan fingerprint density at radius 1 is 0.667 bits per heavy atom. The van der Waals surface area contributed by atoms with Crippen LogP contribution in [0.15, 0.2) is 60.9 Å². The van der Waals surface area contributed by atoms with Crippen molar-refractivity contribution in [3.05, 3.63) is 72.0 Å². The topological polar surface area (TPSA) is 18.5 Å². The van der Waals surface area contributed by atoms with E-state index in [1.165, 1.54) is 11.1 Å². The normalized spacial score (nSPS) is 12.6. The molecule has 2 heteroatoms. The minimum Gasteiger partial charge on any atom is -0.488 e. The van der Waals surface area contributed by atoms with Gasteiger partial charge in [-0.3, -0.25) is 0 Å². The molecule has 0 aromatic heterocycles. The highest BCUT2D eigenvalue weighted by atomic mass is 16.5. The van der Waals surface area contributed by atoms with Crippen molar-refractivity contribution in [3.8, 4) is 11.5 Å². The van der Waals surface area contributed by atoms with Crippen LogP contribution in [0.4, 0.5) is 0 Å². The lowest BCUT2D eigenvalue weighted by Crippen LogP contribution is -2.23. The Hall–Kier alpha value is -2.22. The van der Waals surface area contributed by atoms with Gasteiger partial charge in [-0.2, -0.15) is 0 Å². The van der Waals surface area contributed by atoms with E-state index in [1.54, 1.807) is 0 Å². The maximum atomic E-state index is 5.93. The van der Waals surface area contributed by atoms with Gasteiger partial charge in [-0.15, -0.1) is 0 Å². The van der Waals surface area contributed by atoms with E-state index in [-0.39, 0.29) is 16.4 Å². The van der Waals surface area contributed by atoms with Gasteiger partial charge >= 0.3 is 0 Å². The molecule has 0 aliphatic heterocycles. The highest BCUT2D eigenvalue weighted by molar-refractivity contribution is 5.42. The van der Waals surface area contributed by atoms with Crippen LogP contribution >= 0.6 is 0 Å². The van der Waals surface area contributed by atoms with Crippen LogP contribution in [0.5, 0.6) is 11.5 Å². The van der Waals surface area contributed by atoms with Crippen LogP contribution in [-0.2, 0) is 5.41 Å². The van der Waals surface area contributed by atoms with Crippen LogP contribution in [0.2, 0.25) is 0 Å². The van der Waals surface area contributed by atoms with Crippen molar-refractivity contribution in [1.29, 1.82) is 0 Å². The molecule has 0 amide bonds. The molecule has 146 valence electrons. The summed E-state index contributed by atoms with van der Waals surface area (Å²) in [7, 11) is 0. The average molecular weight is 367 g/mol. The number of hydrogen-bond donors (Lipinski definition) is 0. The van der Waals surface area contributed by atoms with Crippen molar-refractivity contribution in [2.45, 2.75) is 66.4 Å². The van der Waals surface area contributed by atoms with Crippen LogP contribution in [-0.4, -0.2) is 5.60 Å². The second-order valence-corrected chi connectivity index (χ2v) is 9.66. The lowest BCUT2D eigenvalue weighted by Gasteiger charge is -2.28. The highest BCUT2D eigenvalue weighted by Crippen LogP contribution is 2.34. The molecule has 0 atom stereocenters. The molecule has 0 radical (unpaired) electrons. The van der Waals surface area contributed by atoms with Crippen molar-refractivity contribution in [1.82, 2.24) is 0 Å². The summed E-state index contributed by atoms with van der Waals surface area (Å²) in [4.78, 5) is 0. The molecule has 0 spiro atoms. The zero-order chi connectivity index (χ0) is 20.5. The van der Waals surface area contributed by atoms with Gasteiger partial charge in [0.1, 0.15) is 22.9 Å². The summed E-state index contributed by atoms with van der Waals surface area (Å²) < 4.78 is 11.8. The van der Waals surface area contributed by atoms with Crippen molar-refractivity contribution >= 4 is 0 Å². The zero-order valence-electron chi connectivity index (χ0n) is 18.1. The zero-order valence-corrected chi connectivity index (χ0v) is 18.1. The first-order valence-electron chi connectivity index (χ1n) is 9.56. The number of benzene rings is 2. The third-order valence-electron chi connectivity index (χ3n) is 4.65. The van der Waals surface area contributed by atoms with Crippen LogP contribution in [0.3, 0.4) is 0 Å². The fraction of sp³-hybridized carbons (Fsp3) is 0.440. The molecule has 2 nitrogen and oxygen atoms in total. The Morgan fingerprint density at radius 2 is 1.07 bits per heavy atom. The summed E-state index contributed by atoms with van der Waals surface area (Å²) in [5.41, 5.74) is 2.11. The molecule has 0 aliphatic carbocycles. The highest BCUT2D eigenvalue weighted by Gasteiger charge is 2.24. The lowest BCUT2D eigenvalue weighted by molar-refractivity contribution is 0.131. The first kappa shape index (κ1) is 21.1. The predicted molar refractivity (Wildman–Crippen MR) is 115 cm³/mol. The van der Waals surface area contributed by atoms with Crippen LogP contribution in [0.1, 0.15) is 66.5 Å². The van der Waals surface area contributed by atoms with Gasteiger partial charge in [0.2, 0.25) is 0 Å². The average Bonchev–Trinajstić information content (AvgIpc) is 2.53. The quantitative estimate of drug-likeness (QED) is 0.524. The minimum atomic E-state index is -0.191. The Morgan fingerprint density at radius 3 is 1.44 bits per heavy atom. The Kier molecular flexibility index (Phi) is 5.79. The maximum absolute atomic E-state index is 5.93. The van der Waals surface area contributed by atoms with Crippen LogP contribution in [0.25, 0.3) is 0 Å². The number of hydrogen-bond acceptors (Lipinski definition) is 2. The molecular weight excluding hydrogens is 332 g/mol. The first-order valence-corrected chi connectivity index (χ1v) is 9.56. The van der Waals surface area contributed by atoms with Gasteiger partial charge in [-0.1, -0.05) is 65.5 Å². The summed E-state index contributed by atoms with van der Waals surface area (Å²) in [5.74, 6) is 2.49. The van der Waals surface area contributed by atoms with Gasteiger partial charge in [-0.05, 0) is 56.2 Å². The van der Waals surface area contributed by atoms with Gasteiger partial charge in [-0.25, -0.2) is 0 Å². The number of ether oxygens (including phenoxy) is 2. The van der Waals surface area contributed by atoms with Gasteiger partial charge < -0.3 is 9.47 Å². The van der Waals surface area contributed by atoms with E-state index in [4.69, 9.17) is 9.47 Å². The van der Waals surface area contributed by atoms with Crippen molar-refractivity contribution < 1.29 is 9.47 Å². The molecule has 0 aliphatic rings. The minimum absolute atomic E-state index is 0.0746. The van der Waals surface area contributed by atoms with Gasteiger partial charge in [0.15, 0.2) is 0 Å². The smallest absolute Gasteiger partial charge is 0.126 e. The van der Waals surface area contributed by atoms with E-state index >= 15 is 0 Å². The summed E-state index contributed by atoms with van der Waals surface area (Å²) >= 11 is 0. The monoisotopic (exact) mass is 366 g/mol. The summed E-state index contributed by atoms with van der Waals surface area (Å²) in [6, 6.07) is 16.7. The standard InChI is InChI=1S/C25H34O2/c1-18(23(2,3)4)26-21-14-10-19(11-15-21)25(8,9)20-12-16-22(17-13-20)27-24(5,6)7/h10-17H,1H2,2-9H3. The Bertz CT molecular complexity index is 767. The van der Waals surface area contributed by atoms with E-state index in [0.29, 0.717) is 0 Å². The van der Waals surface area contributed by atoms with Gasteiger partial charge in [0, 0.05) is 10.8 Å². The summed E-state index contributed by atoms with van der Waals surface area (Å²) in [6.07, 6.45) is 0. The SMILES string of the molecule is C=C(Oc1ccc(C(C)(C)c2ccc(OC(C)(C)C)cc2)cc1)C(C)(C)C. The van der Waals surface area contributed by atoms with E-state index in [1.807, 2.05) is 24.3 Å². The molecule has 0 saturated carbocycles. The molecule has 2 aromatic carbocycles. The predicted octanol–water partition coefficient (Wildman–Crippen LogP) is 7.13. The molecule has 0 fully saturated rings. The molecule has 2 aromatic rings. The molecule has 2 rings (SSSR count). The van der Waals surface area contributed by atoms with Crippen molar-refractivity contribution in [2.75, 3.05) is 0 Å². The van der Waals surface area contributed by atoms with Crippen molar-refractivity contribution in [3.63, 3.8) is 0 Å².